The van der Waals surface area contributed by atoms with Crippen molar-refractivity contribution >= 4 is 15.9 Å². The molecule has 0 aliphatic carbocycles. The summed E-state index contributed by atoms with van der Waals surface area (Å²) in [5, 5.41) is 4.14. The quantitative estimate of drug-likeness (QED) is 0.920. The predicted octanol–water partition coefficient (Wildman–Crippen LogP) is 2.18. The van der Waals surface area contributed by atoms with Crippen molar-refractivity contribution < 1.29 is 4.74 Å². The number of nitrogens with two attached hydrogens (primary N) is 1. The van der Waals surface area contributed by atoms with Crippen LogP contribution in [0.15, 0.2) is 41.1 Å². The first kappa shape index (κ1) is 12.1. The second kappa shape index (κ2) is 5.84. The van der Waals surface area contributed by atoms with Crippen molar-refractivity contribution in [1.82, 2.24) is 9.78 Å². The van der Waals surface area contributed by atoms with E-state index in [9.17, 15) is 0 Å². The molecule has 1 aromatic heterocycles. The van der Waals surface area contributed by atoms with Gasteiger partial charge in [-0.15, -0.1) is 0 Å². The molecule has 17 heavy (non-hydrogen) atoms. The zero-order chi connectivity index (χ0) is 12.1. The highest BCUT2D eigenvalue weighted by atomic mass is 79.9. The van der Waals surface area contributed by atoms with Crippen LogP contribution in [0.1, 0.15) is 5.56 Å². The van der Waals surface area contributed by atoms with Crippen molar-refractivity contribution in [3.8, 4) is 5.75 Å². The second-order valence-electron chi connectivity index (χ2n) is 3.61. The molecule has 90 valence electrons. The molecule has 0 fully saturated rings. The fourth-order valence-electron chi connectivity index (χ4n) is 1.45. The Hall–Kier alpha value is -1.33. The van der Waals surface area contributed by atoms with Gasteiger partial charge in [0.15, 0.2) is 5.75 Å². The topological polar surface area (TPSA) is 53.1 Å². The molecule has 0 bridgehead atoms. The average molecular weight is 296 g/mol. The van der Waals surface area contributed by atoms with E-state index in [-0.39, 0.29) is 0 Å². The Morgan fingerprint density at radius 1 is 1.35 bits per heavy atom. The molecule has 0 spiro atoms. The van der Waals surface area contributed by atoms with E-state index in [2.05, 4.69) is 21.0 Å². The molecule has 0 aliphatic rings. The van der Waals surface area contributed by atoms with Gasteiger partial charge in [0, 0.05) is 16.6 Å². The molecule has 1 aromatic carbocycles. The Bertz CT molecular complexity index is 484. The first-order valence-corrected chi connectivity index (χ1v) is 6.17. The van der Waals surface area contributed by atoms with Gasteiger partial charge < -0.3 is 10.5 Å². The first-order chi connectivity index (χ1) is 8.29. The van der Waals surface area contributed by atoms with E-state index in [4.69, 9.17) is 10.5 Å². The Morgan fingerprint density at radius 2 is 2.18 bits per heavy atom. The van der Waals surface area contributed by atoms with Crippen molar-refractivity contribution in [1.29, 1.82) is 0 Å². The highest BCUT2D eigenvalue weighted by Crippen LogP contribution is 2.18. The Balaban J connectivity index is 1.95. The lowest BCUT2D eigenvalue weighted by Crippen LogP contribution is -2.09. The molecule has 2 rings (SSSR count). The number of nitrogens with zero attached hydrogens (tertiary/aromatic N) is 2. The molecule has 0 saturated carbocycles. The molecule has 0 aliphatic heterocycles. The van der Waals surface area contributed by atoms with Gasteiger partial charge in [-0.25, -0.2) is 0 Å². The summed E-state index contributed by atoms with van der Waals surface area (Å²) >= 11 is 3.48. The van der Waals surface area contributed by atoms with E-state index < -0.39 is 0 Å². The third kappa shape index (κ3) is 3.31. The maximum atomic E-state index is 5.65. The lowest BCUT2D eigenvalue weighted by molar-refractivity contribution is 0.305. The molecule has 1 heterocycles. The summed E-state index contributed by atoms with van der Waals surface area (Å²) in [7, 11) is 0. The molecule has 5 heteroatoms. The van der Waals surface area contributed by atoms with E-state index in [1.807, 2.05) is 30.5 Å². The lowest BCUT2D eigenvalue weighted by atomic mass is 10.2. The van der Waals surface area contributed by atoms with E-state index in [0.717, 1.165) is 15.8 Å². The average Bonchev–Trinajstić information content (AvgIpc) is 2.76. The molecular formula is C12H14BrN3O. The van der Waals surface area contributed by atoms with Gasteiger partial charge >= 0.3 is 0 Å². The summed E-state index contributed by atoms with van der Waals surface area (Å²) in [6, 6.07) is 7.99. The van der Waals surface area contributed by atoms with Crippen LogP contribution in [0.2, 0.25) is 0 Å². The molecule has 2 aromatic rings. The van der Waals surface area contributed by atoms with Crippen molar-refractivity contribution in [2.24, 2.45) is 5.73 Å². The summed E-state index contributed by atoms with van der Waals surface area (Å²) in [5.74, 6) is 0.759. The van der Waals surface area contributed by atoms with Gasteiger partial charge in [-0.05, 0) is 6.07 Å². The maximum Gasteiger partial charge on any atom is 0.157 e. The van der Waals surface area contributed by atoms with Crippen LogP contribution in [0.3, 0.4) is 0 Å². The fraction of sp³-hybridized carbons (Fsp3) is 0.250. The molecular weight excluding hydrogens is 282 g/mol. The second-order valence-corrected chi connectivity index (χ2v) is 4.46. The number of rotatable bonds is 5. The van der Waals surface area contributed by atoms with E-state index in [0.29, 0.717) is 19.7 Å². The zero-order valence-corrected chi connectivity index (χ0v) is 10.9. The Morgan fingerprint density at radius 3 is 2.94 bits per heavy atom. The minimum atomic E-state index is 0.524. The Labute approximate surface area is 109 Å². The normalized spacial score (nSPS) is 10.5. The molecule has 2 N–H and O–H groups in total. The van der Waals surface area contributed by atoms with Crippen LogP contribution >= 0.6 is 15.9 Å². The summed E-state index contributed by atoms with van der Waals surface area (Å²) < 4.78 is 8.47. The number of halogens is 1. The number of ether oxygens (including phenoxy) is 1. The molecule has 0 unspecified atom stereocenters. The van der Waals surface area contributed by atoms with E-state index in [1.54, 1.807) is 10.9 Å². The first-order valence-electron chi connectivity index (χ1n) is 5.38. The fourth-order valence-corrected chi connectivity index (χ4v) is 1.85. The van der Waals surface area contributed by atoms with Crippen molar-refractivity contribution in [3.05, 3.63) is 46.7 Å². The number of aromatic nitrogens is 2. The maximum absolute atomic E-state index is 5.65. The summed E-state index contributed by atoms with van der Waals surface area (Å²) in [4.78, 5) is 0. The van der Waals surface area contributed by atoms with Crippen LogP contribution in [-0.4, -0.2) is 16.3 Å². The highest BCUT2D eigenvalue weighted by Gasteiger charge is 2.02. The summed E-state index contributed by atoms with van der Waals surface area (Å²) in [6.07, 6.45) is 3.55. The largest absolute Gasteiger partial charge is 0.486 e. The molecule has 4 nitrogen and oxygen atoms in total. The summed E-state index contributed by atoms with van der Waals surface area (Å²) in [5.41, 5.74) is 6.56. The van der Waals surface area contributed by atoms with Crippen LogP contribution in [0, 0.1) is 0 Å². The third-order valence-corrected chi connectivity index (χ3v) is 3.09. The molecule has 0 atom stereocenters. The SMILES string of the molecule is NCCn1cc(OCc2ccccc2Br)cn1. The number of benzene rings is 1. The van der Waals surface area contributed by atoms with Gasteiger partial charge in [0.05, 0.1) is 18.9 Å². The standard InChI is InChI=1S/C12H14BrN3O/c13-12-4-2-1-3-10(12)9-17-11-7-15-16(8-11)6-5-14/h1-4,7-8H,5-6,9,14H2. The molecule has 0 saturated heterocycles. The molecule has 0 amide bonds. The third-order valence-electron chi connectivity index (χ3n) is 2.32. The summed E-state index contributed by atoms with van der Waals surface area (Å²) in [6.45, 7) is 1.81. The van der Waals surface area contributed by atoms with Crippen molar-refractivity contribution in [2.45, 2.75) is 13.2 Å². The minimum Gasteiger partial charge on any atom is -0.486 e. The smallest absolute Gasteiger partial charge is 0.157 e. The van der Waals surface area contributed by atoms with Crippen LogP contribution in [0.4, 0.5) is 0 Å². The van der Waals surface area contributed by atoms with E-state index >= 15 is 0 Å². The van der Waals surface area contributed by atoms with E-state index in [1.165, 1.54) is 0 Å². The number of hydrogen-bond acceptors (Lipinski definition) is 3. The predicted molar refractivity (Wildman–Crippen MR) is 69.8 cm³/mol. The van der Waals surface area contributed by atoms with Crippen LogP contribution in [0.5, 0.6) is 5.75 Å². The lowest BCUT2D eigenvalue weighted by Gasteiger charge is -2.05. The van der Waals surface area contributed by atoms with Crippen molar-refractivity contribution in [3.63, 3.8) is 0 Å². The minimum absolute atomic E-state index is 0.524. The van der Waals surface area contributed by atoms with Gasteiger partial charge in [0.2, 0.25) is 0 Å². The van der Waals surface area contributed by atoms with Gasteiger partial charge in [0.1, 0.15) is 6.61 Å². The monoisotopic (exact) mass is 295 g/mol. The number of hydrogen-bond donors (Lipinski definition) is 1. The van der Waals surface area contributed by atoms with Gasteiger partial charge in [-0.1, -0.05) is 34.1 Å². The zero-order valence-electron chi connectivity index (χ0n) is 9.34. The van der Waals surface area contributed by atoms with Gasteiger partial charge in [-0.3, -0.25) is 4.68 Å². The van der Waals surface area contributed by atoms with Crippen LogP contribution < -0.4 is 10.5 Å². The van der Waals surface area contributed by atoms with Crippen molar-refractivity contribution in [2.75, 3.05) is 6.54 Å². The molecule has 0 radical (unpaired) electrons. The van der Waals surface area contributed by atoms with Gasteiger partial charge in [0.25, 0.3) is 0 Å². The van der Waals surface area contributed by atoms with Crippen LogP contribution in [0.25, 0.3) is 0 Å². The Kier molecular flexibility index (Phi) is 4.17. The highest BCUT2D eigenvalue weighted by molar-refractivity contribution is 9.10. The van der Waals surface area contributed by atoms with Crippen LogP contribution in [-0.2, 0) is 13.2 Å². The van der Waals surface area contributed by atoms with Gasteiger partial charge in [-0.2, -0.15) is 5.10 Å².